The molecule has 2 rings (SSSR count). The van der Waals surface area contributed by atoms with Crippen LogP contribution in [0.4, 0.5) is 5.95 Å². The molecule has 0 aliphatic rings. The molecule has 2 aromatic rings. The highest BCUT2D eigenvalue weighted by atomic mass is 15.5. The number of nitrogens with zero attached hydrogens (tertiary/aromatic N) is 4. The van der Waals surface area contributed by atoms with E-state index in [-0.39, 0.29) is 0 Å². The lowest BCUT2D eigenvalue weighted by Gasteiger charge is -2.01. The maximum atomic E-state index is 5.53. The lowest BCUT2D eigenvalue weighted by Crippen LogP contribution is -2.11. The number of anilines is 1. The van der Waals surface area contributed by atoms with Gasteiger partial charge < -0.3 is 5.84 Å². The Morgan fingerprint density at radius 2 is 2.12 bits per heavy atom. The summed E-state index contributed by atoms with van der Waals surface area (Å²) in [6, 6.07) is 9.83. The number of hydrogen-bond acceptors (Lipinski definition) is 5. The molecule has 0 radical (unpaired) electrons. The van der Waals surface area contributed by atoms with Crippen LogP contribution in [0.5, 0.6) is 0 Å². The molecule has 0 saturated carbocycles. The molecular weight excluding hydrogens is 204 g/mol. The van der Waals surface area contributed by atoms with Gasteiger partial charge in [-0.1, -0.05) is 30.3 Å². The number of nitrogens with two attached hydrogens (primary N) is 1. The van der Waals surface area contributed by atoms with E-state index < -0.39 is 0 Å². The third kappa shape index (κ3) is 2.17. The van der Waals surface area contributed by atoms with E-state index >= 15 is 0 Å². The summed E-state index contributed by atoms with van der Waals surface area (Å²) in [7, 11) is 0. The molecule has 0 aliphatic carbocycles. The molecule has 0 saturated heterocycles. The van der Waals surface area contributed by atoms with E-state index in [1.165, 1.54) is 11.0 Å². The van der Waals surface area contributed by atoms with Gasteiger partial charge >= 0.3 is 0 Å². The molecule has 6 heteroatoms. The summed E-state index contributed by atoms with van der Waals surface area (Å²) < 4.78 is 1.27. The molecular formula is C10H12N6. The van der Waals surface area contributed by atoms with E-state index in [0.29, 0.717) is 5.95 Å². The van der Waals surface area contributed by atoms with Crippen molar-refractivity contribution in [1.82, 2.24) is 14.9 Å². The molecule has 0 spiro atoms. The van der Waals surface area contributed by atoms with Crippen molar-refractivity contribution in [3.05, 3.63) is 42.2 Å². The number of benzene rings is 1. The summed E-state index contributed by atoms with van der Waals surface area (Å²) in [5.41, 5.74) is 4.63. The summed E-state index contributed by atoms with van der Waals surface area (Å²) in [6.45, 7) is 1.90. The van der Waals surface area contributed by atoms with E-state index in [2.05, 4.69) is 20.7 Å². The van der Waals surface area contributed by atoms with Crippen molar-refractivity contribution in [1.29, 1.82) is 0 Å². The van der Waals surface area contributed by atoms with E-state index in [1.54, 1.807) is 0 Å². The van der Waals surface area contributed by atoms with E-state index in [0.717, 1.165) is 11.3 Å². The van der Waals surface area contributed by atoms with Crippen molar-refractivity contribution < 1.29 is 0 Å². The Morgan fingerprint density at radius 3 is 2.75 bits per heavy atom. The lowest BCUT2D eigenvalue weighted by atomic mass is 10.1. The third-order valence-electron chi connectivity index (χ3n) is 2.09. The van der Waals surface area contributed by atoms with Crippen LogP contribution in [0.2, 0.25) is 0 Å². The quantitative estimate of drug-likeness (QED) is 0.452. The first kappa shape index (κ1) is 10.2. The maximum Gasteiger partial charge on any atom is 0.263 e. The van der Waals surface area contributed by atoms with Gasteiger partial charge in [0.15, 0.2) is 0 Å². The Balaban J connectivity index is 2.12. The summed E-state index contributed by atoms with van der Waals surface area (Å²) in [5.74, 6) is 5.92. The van der Waals surface area contributed by atoms with Crippen LogP contribution >= 0.6 is 0 Å². The third-order valence-corrected chi connectivity index (χ3v) is 2.09. The van der Waals surface area contributed by atoms with Crippen LogP contribution in [0.15, 0.2) is 41.8 Å². The van der Waals surface area contributed by atoms with Crippen LogP contribution < -0.4 is 11.3 Å². The number of rotatable bonds is 3. The van der Waals surface area contributed by atoms with Crippen molar-refractivity contribution in [2.24, 2.45) is 5.10 Å². The Morgan fingerprint density at radius 1 is 1.38 bits per heavy atom. The molecule has 0 amide bonds. The lowest BCUT2D eigenvalue weighted by molar-refractivity contribution is 0.987. The zero-order chi connectivity index (χ0) is 11.4. The van der Waals surface area contributed by atoms with Crippen LogP contribution in [0.25, 0.3) is 0 Å². The Labute approximate surface area is 92.8 Å². The molecule has 16 heavy (non-hydrogen) atoms. The monoisotopic (exact) mass is 216 g/mol. The number of nitrogens with one attached hydrogen (secondary N) is 1. The molecule has 3 N–H and O–H groups in total. The number of hydrogen-bond donors (Lipinski definition) is 2. The van der Waals surface area contributed by atoms with Gasteiger partial charge in [0.1, 0.15) is 6.33 Å². The minimum atomic E-state index is 0.398. The SMILES string of the molecule is CC(=NNc1nncn1N)c1ccccc1. The number of hydrazone groups is 1. The van der Waals surface area contributed by atoms with E-state index in [1.807, 2.05) is 37.3 Å². The molecule has 1 aromatic carbocycles. The first-order chi connectivity index (χ1) is 7.77. The summed E-state index contributed by atoms with van der Waals surface area (Å²) in [4.78, 5) is 0. The van der Waals surface area contributed by atoms with Crippen molar-refractivity contribution in [2.75, 3.05) is 11.3 Å². The minimum absolute atomic E-state index is 0.398. The summed E-state index contributed by atoms with van der Waals surface area (Å²) in [5, 5.41) is 11.5. The van der Waals surface area contributed by atoms with Gasteiger partial charge in [-0.05, 0) is 12.5 Å². The molecule has 0 atom stereocenters. The molecule has 0 aliphatic heterocycles. The van der Waals surface area contributed by atoms with Crippen LogP contribution in [0, 0.1) is 0 Å². The van der Waals surface area contributed by atoms with Gasteiger partial charge in [0.2, 0.25) is 0 Å². The van der Waals surface area contributed by atoms with Crippen LogP contribution in [0.1, 0.15) is 12.5 Å². The fourth-order valence-electron chi connectivity index (χ4n) is 1.20. The van der Waals surface area contributed by atoms with Gasteiger partial charge in [-0.15, -0.1) is 10.2 Å². The van der Waals surface area contributed by atoms with Crippen LogP contribution in [-0.2, 0) is 0 Å². The standard InChI is InChI=1S/C10H12N6/c1-8(9-5-3-2-4-6-9)13-15-10-14-12-7-16(10)11/h2-7H,11H2,1H3,(H,14,15). The maximum absolute atomic E-state index is 5.53. The highest BCUT2D eigenvalue weighted by Crippen LogP contribution is 2.02. The number of aromatic nitrogens is 3. The fraction of sp³-hybridized carbons (Fsp3) is 0.100. The number of nitrogen functional groups attached to an aromatic ring is 1. The molecule has 0 unspecified atom stereocenters. The Hall–Kier alpha value is -2.37. The predicted octanol–water partition coefficient (Wildman–Crippen LogP) is 0.828. The second-order valence-electron chi connectivity index (χ2n) is 3.24. The van der Waals surface area contributed by atoms with Crippen molar-refractivity contribution in [3.8, 4) is 0 Å². The second kappa shape index (κ2) is 4.43. The topological polar surface area (TPSA) is 81.1 Å². The smallest absolute Gasteiger partial charge is 0.263 e. The highest BCUT2D eigenvalue weighted by Gasteiger charge is 1.99. The molecule has 1 aromatic heterocycles. The zero-order valence-electron chi connectivity index (χ0n) is 8.83. The van der Waals surface area contributed by atoms with Crippen molar-refractivity contribution in [2.45, 2.75) is 6.92 Å². The van der Waals surface area contributed by atoms with Gasteiger partial charge in [-0.2, -0.15) is 5.10 Å². The van der Waals surface area contributed by atoms with Crippen molar-refractivity contribution >= 4 is 11.7 Å². The average molecular weight is 216 g/mol. The zero-order valence-corrected chi connectivity index (χ0v) is 8.83. The summed E-state index contributed by atoms with van der Waals surface area (Å²) >= 11 is 0. The van der Waals surface area contributed by atoms with E-state index in [4.69, 9.17) is 5.84 Å². The normalized spacial score (nSPS) is 11.4. The van der Waals surface area contributed by atoms with Gasteiger partial charge in [0.25, 0.3) is 5.95 Å². The van der Waals surface area contributed by atoms with Crippen LogP contribution in [0.3, 0.4) is 0 Å². The molecule has 0 bridgehead atoms. The van der Waals surface area contributed by atoms with E-state index in [9.17, 15) is 0 Å². The predicted molar refractivity (Wildman–Crippen MR) is 62.4 cm³/mol. The summed E-state index contributed by atoms with van der Waals surface area (Å²) in [6.07, 6.45) is 1.40. The molecule has 6 nitrogen and oxygen atoms in total. The van der Waals surface area contributed by atoms with Crippen molar-refractivity contribution in [3.63, 3.8) is 0 Å². The Kier molecular flexibility index (Phi) is 2.81. The van der Waals surface area contributed by atoms with Gasteiger partial charge in [-0.3, -0.25) is 0 Å². The first-order valence-electron chi connectivity index (χ1n) is 4.78. The molecule has 1 heterocycles. The molecule has 82 valence electrons. The minimum Gasteiger partial charge on any atom is -0.335 e. The van der Waals surface area contributed by atoms with Gasteiger partial charge in [-0.25, -0.2) is 10.1 Å². The first-order valence-corrected chi connectivity index (χ1v) is 4.78. The van der Waals surface area contributed by atoms with Gasteiger partial charge in [0.05, 0.1) is 5.71 Å². The van der Waals surface area contributed by atoms with Gasteiger partial charge in [0, 0.05) is 0 Å². The molecule has 0 fully saturated rings. The largest absolute Gasteiger partial charge is 0.335 e. The fourth-order valence-corrected chi connectivity index (χ4v) is 1.20. The van der Waals surface area contributed by atoms with Crippen LogP contribution in [-0.4, -0.2) is 20.6 Å². The highest BCUT2D eigenvalue weighted by molar-refractivity contribution is 5.98. The second-order valence-corrected chi connectivity index (χ2v) is 3.24. The average Bonchev–Trinajstić information content (AvgIpc) is 2.73. The Bertz CT molecular complexity index is 487.